The summed E-state index contributed by atoms with van der Waals surface area (Å²) in [7, 11) is 0. The van der Waals surface area contributed by atoms with Crippen LogP contribution < -0.4 is 9.64 Å². The van der Waals surface area contributed by atoms with Gasteiger partial charge in [-0.1, -0.05) is 53.5 Å². The number of hydrogen-bond donors (Lipinski definition) is 0. The summed E-state index contributed by atoms with van der Waals surface area (Å²) in [5.74, 6) is 0.413. The molecule has 1 saturated heterocycles. The highest BCUT2D eigenvalue weighted by molar-refractivity contribution is 6.35. The topological polar surface area (TPSA) is 32.8 Å². The highest BCUT2D eigenvalue weighted by Gasteiger charge is 2.21. The van der Waals surface area contributed by atoms with Crippen LogP contribution >= 0.6 is 23.2 Å². The molecule has 0 atom stereocenters. The van der Waals surface area contributed by atoms with Crippen LogP contribution in [0.1, 0.15) is 11.1 Å². The third kappa shape index (κ3) is 6.06. The Morgan fingerprint density at radius 3 is 2.39 bits per heavy atom. The van der Waals surface area contributed by atoms with Crippen molar-refractivity contribution in [2.75, 3.05) is 31.1 Å². The quantitative estimate of drug-likeness (QED) is 0.397. The number of amides is 1. The Morgan fingerprint density at radius 2 is 1.70 bits per heavy atom. The Morgan fingerprint density at radius 1 is 0.970 bits per heavy atom. The van der Waals surface area contributed by atoms with Crippen molar-refractivity contribution in [2.45, 2.75) is 6.61 Å². The minimum absolute atomic E-state index is 0.0547. The molecule has 1 aliphatic heterocycles. The fourth-order valence-electron chi connectivity index (χ4n) is 3.62. The van der Waals surface area contributed by atoms with Crippen LogP contribution in [-0.2, 0) is 11.4 Å². The summed E-state index contributed by atoms with van der Waals surface area (Å²) in [6, 6.07) is 19.5. The summed E-state index contributed by atoms with van der Waals surface area (Å²) >= 11 is 12.1. The smallest absolute Gasteiger partial charge is 0.246 e. The molecule has 0 saturated carbocycles. The molecule has 0 N–H and O–H groups in total. The summed E-state index contributed by atoms with van der Waals surface area (Å²) in [6.45, 7) is 2.64. The van der Waals surface area contributed by atoms with E-state index in [2.05, 4.69) is 0 Å². The van der Waals surface area contributed by atoms with E-state index < -0.39 is 0 Å². The number of rotatable bonds is 6. The average Bonchev–Trinajstić information content (AvgIpc) is 2.83. The molecule has 3 aromatic rings. The van der Waals surface area contributed by atoms with Crippen molar-refractivity contribution < 1.29 is 13.9 Å². The highest BCUT2D eigenvalue weighted by atomic mass is 35.5. The zero-order chi connectivity index (χ0) is 23.2. The van der Waals surface area contributed by atoms with E-state index in [0.29, 0.717) is 54.3 Å². The number of carbonyl (C=O) groups excluding carboxylic acids is 1. The zero-order valence-corrected chi connectivity index (χ0v) is 19.4. The largest absolute Gasteiger partial charge is 0.489 e. The number of para-hydroxylation sites is 1. The molecule has 0 unspecified atom stereocenters. The second-order valence-electron chi connectivity index (χ2n) is 7.69. The average molecular weight is 485 g/mol. The summed E-state index contributed by atoms with van der Waals surface area (Å²) in [5, 5.41) is 1.15. The van der Waals surface area contributed by atoms with Gasteiger partial charge in [0.15, 0.2) is 0 Å². The van der Waals surface area contributed by atoms with E-state index in [4.69, 9.17) is 27.9 Å². The summed E-state index contributed by atoms with van der Waals surface area (Å²) in [4.78, 5) is 16.3. The van der Waals surface area contributed by atoms with E-state index in [1.54, 1.807) is 41.3 Å². The number of ether oxygens (including phenoxy) is 1. The summed E-state index contributed by atoms with van der Waals surface area (Å²) in [6.07, 6.45) is 3.35. The Bertz CT molecular complexity index is 1140. The second-order valence-corrected chi connectivity index (χ2v) is 8.53. The van der Waals surface area contributed by atoms with Gasteiger partial charge >= 0.3 is 0 Å². The van der Waals surface area contributed by atoms with Crippen LogP contribution in [0.4, 0.5) is 10.1 Å². The molecule has 0 radical (unpaired) electrons. The van der Waals surface area contributed by atoms with Crippen LogP contribution in [0.5, 0.6) is 5.75 Å². The van der Waals surface area contributed by atoms with Crippen molar-refractivity contribution >= 4 is 40.9 Å². The zero-order valence-electron chi connectivity index (χ0n) is 17.9. The number of benzene rings is 3. The first-order valence-electron chi connectivity index (χ1n) is 10.6. The number of halogens is 3. The molecule has 33 heavy (non-hydrogen) atoms. The van der Waals surface area contributed by atoms with Crippen LogP contribution in [0, 0.1) is 5.82 Å². The van der Waals surface area contributed by atoms with Gasteiger partial charge in [-0.15, -0.1) is 0 Å². The van der Waals surface area contributed by atoms with Crippen molar-refractivity contribution in [3.63, 3.8) is 0 Å². The maximum atomic E-state index is 14.0. The fraction of sp³-hybridized carbons (Fsp3) is 0.192. The number of hydrogen-bond acceptors (Lipinski definition) is 3. The van der Waals surface area contributed by atoms with Crippen molar-refractivity contribution in [3.8, 4) is 5.75 Å². The van der Waals surface area contributed by atoms with Gasteiger partial charge in [0.05, 0.1) is 5.69 Å². The lowest BCUT2D eigenvalue weighted by atomic mass is 10.2. The molecule has 0 aromatic heterocycles. The van der Waals surface area contributed by atoms with Crippen LogP contribution in [-0.4, -0.2) is 37.0 Å². The van der Waals surface area contributed by atoms with Crippen molar-refractivity contribution in [1.29, 1.82) is 0 Å². The molecular weight excluding hydrogens is 462 g/mol. The van der Waals surface area contributed by atoms with E-state index in [9.17, 15) is 9.18 Å². The fourth-order valence-corrected chi connectivity index (χ4v) is 4.09. The number of carbonyl (C=O) groups is 1. The Balaban J connectivity index is 1.27. The lowest BCUT2D eigenvalue weighted by molar-refractivity contribution is -0.126. The van der Waals surface area contributed by atoms with Crippen LogP contribution in [0.15, 0.2) is 72.8 Å². The van der Waals surface area contributed by atoms with Crippen LogP contribution in [0.2, 0.25) is 10.0 Å². The Kier molecular flexibility index (Phi) is 7.53. The number of anilines is 1. The Labute approximate surface area is 202 Å². The normalized spacial score (nSPS) is 14.0. The molecular formula is C26H23Cl2FN2O2. The van der Waals surface area contributed by atoms with Gasteiger partial charge in [-0.2, -0.15) is 0 Å². The SMILES string of the molecule is O=C(/C=C/c1ccc(OCc2ccc(Cl)cc2Cl)cc1)N1CCN(c2ccccc2F)CC1. The molecule has 7 heteroatoms. The van der Waals surface area contributed by atoms with Gasteiger partial charge in [0, 0.05) is 47.9 Å². The van der Waals surface area contributed by atoms with E-state index in [-0.39, 0.29) is 11.7 Å². The molecule has 4 nitrogen and oxygen atoms in total. The molecule has 1 heterocycles. The predicted octanol–water partition coefficient (Wildman–Crippen LogP) is 6.07. The van der Waals surface area contributed by atoms with E-state index in [1.807, 2.05) is 41.3 Å². The van der Waals surface area contributed by atoms with Crippen molar-refractivity contribution in [1.82, 2.24) is 4.90 Å². The van der Waals surface area contributed by atoms with Gasteiger partial charge in [-0.25, -0.2) is 4.39 Å². The number of nitrogens with zero attached hydrogens (tertiary/aromatic N) is 2. The molecule has 0 aliphatic carbocycles. The molecule has 3 aromatic carbocycles. The predicted molar refractivity (Wildman–Crippen MR) is 131 cm³/mol. The van der Waals surface area contributed by atoms with Gasteiger partial charge in [0.1, 0.15) is 18.2 Å². The van der Waals surface area contributed by atoms with E-state index in [0.717, 1.165) is 11.1 Å². The minimum atomic E-state index is -0.235. The van der Waals surface area contributed by atoms with Gasteiger partial charge in [0.2, 0.25) is 5.91 Å². The standard InChI is InChI=1S/C26H23Cl2FN2O2/c27-21-9-8-20(23(28)17-21)18-33-22-10-5-19(6-11-22)7-12-26(32)31-15-13-30(14-16-31)25-4-2-1-3-24(25)29/h1-12,17H,13-16,18H2/b12-7+. The minimum Gasteiger partial charge on any atom is -0.489 e. The van der Waals surface area contributed by atoms with Gasteiger partial charge < -0.3 is 14.5 Å². The first kappa shape index (κ1) is 23.1. The van der Waals surface area contributed by atoms with Crippen LogP contribution in [0.3, 0.4) is 0 Å². The maximum Gasteiger partial charge on any atom is 0.246 e. The summed E-state index contributed by atoms with van der Waals surface area (Å²) in [5.41, 5.74) is 2.33. The maximum absolute atomic E-state index is 14.0. The summed E-state index contributed by atoms with van der Waals surface area (Å²) < 4.78 is 19.8. The first-order chi connectivity index (χ1) is 16.0. The molecule has 1 aliphatic rings. The molecule has 170 valence electrons. The molecule has 0 spiro atoms. The molecule has 1 fully saturated rings. The van der Waals surface area contributed by atoms with Gasteiger partial charge in [-0.3, -0.25) is 4.79 Å². The molecule has 1 amide bonds. The molecule has 4 rings (SSSR count). The second kappa shape index (κ2) is 10.7. The monoisotopic (exact) mass is 484 g/mol. The van der Waals surface area contributed by atoms with Crippen molar-refractivity contribution in [2.24, 2.45) is 0 Å². The first-order valence-corrected chi connectivity index (χ1v) is 11.4. The van der Waals surface area contributed by atoms with E-state index >= 15 is 0 Å². The third-order valence-corrected chi connectivity index (χ3v) is 6.08. The van der Waals surface area contributed by atoms with E-state index in [1.165, 1.54) is 6.07 Å². The van der Waals surface area contributed by atoms with Gasteiger partial charge in [-0.05, 0) is 48.0 Å². The lowest BCUT2D eigenvalue weighted by Crippen LogP contribution is -2.48. The van der Waals surface area contributed by atoms with Crippen LogP contribution in [0.25, 0.3) is 6.08 Å². The Hall–Kier alpha value is -3.02. The van der Waals surface area contributed by atoms with Gasteiger partial charge in [0.25, 0.3) is 0 Å². The van der Waals surface area contributed by atoms with Crippen molar-refractivity contribution in [3.05, 3.63) is 99.8 Å². The molecule has 0 bridgehead atoms. The highest BCUT2D eigenvalue weighted by Crippen LogP contribution is 2.23. The third-order valence-electron chi connectivity index (χ3n) is 5.49. The lowest BCUT2D eigenvalue weighted by Gasteiger charge is -2.35. The number of piperazine rings is 1.